The van der Waals surface area contributed by atoms with Crippen LogP contribution in [0.15, 0.2) is 12.7 Å². The molecule has 0 radical (unpaired) electrons. The van der Waals surface area contributed by atoms with Crippen LogP contribution in [0.25, 0.3) is 0 Å². The maximum atomic E-state index is 7.00. The number of hydrogen-bond donors (Lipinski definition) is 1. The van der Waals surface area contributed by atoms with E-state index in [4.69, 9.17) is 9.84 Å². The Morgan fingerprint density at radius 3 is 2.50 bits per heavy atom. The van der Waals surface area contributed by atoms with E-state index in [0.29, 0.717) is 0 Å². The maximum Gasteiger partial charge on any atom is 0.0503 e. The second kappa shape index (κ2) is 15.5. The molecule has 1 rings (SSSR count). The Hall–Kier alpha value is 0.01000. The van der Waals surface area contributed by atoms with Crippen LogP contribution in [0, 0.1) is 5.92 Å². The number of allylic oxidation sites excluding steroid dienone is 1. The molecule has 0 aromatic carbocycles. The molecule has 1 unspecified atom stereocenters. The van der Waals surface area contributed by atoms with E-state index in [2.05, 4.69) is 13.5 Å². The van der Waals surface area contributed by atoms with E-state index in [-0.39, 0.29) is 0 Å². The summed E-state index contributed by atoms with van der Waals surface area (Å²) < 4.78 is 5.24. The number of rotatable bonds is 3. The van der Waals surface area contributed by atoms with Gasteiger partial charge in [0.15, 0.2) is 0 Å². The maximum absolute atomic E-state index is 7.00. The lowest BCUT2D eigenvalue weighted by Crippen LogP contribution is -2.01. The molecular formula is C11H24O2S. The zero-order chi connectivity index (χ0) is 11.2. The summed E-state index contributed by atoms with van der Waals surface area (Å²) in [5, 5.41) is 7.00. The van der Waals surface area contributed by atoms with Crippen LogP contribution in [0.1, 0.15) is 20.3 Å². The summed E-state index contributed by atoms with van der Waals surface area (Å²) in [6, 6.07) is 0. The molecule has 3 heteroatoms. The first kappa shape index (κ1) is 16.4. The van der Waals surface area contributed by atoms with Gasteiger partial charge in [-0.15, -0.1) is 6.58 Å². The van der Waals surface area contributed by atoms with E-state index in [1.165, 1.54) is 17.9 Å². The molecule has 1 saturated heterocycles. The number of hydrogen-bond acceptors (Lipinski definition) is 3. The summed E-state index contributed by atoms with van der Waals surface area (Å²) in [4.78, 5) is 0. The molecule has 1 N–H and O–H groups in total. The Bertz CT molecular complexity index is 101. The molecule has 0 amide bonds. The Balaban J connectivity index is 0. The molecule has 1 heterocycles. The number of thioether (sulfide) groups is 1. The van der Waals surface area contributed by atoms with Crippen LogP contribution in [0.3, 0.4) is 0 Å². The van der Waals surface area contributed by atoms with Gasteiger partial charge in [-0.25, -0.2) is 0 Å². The minimum absolute atomic E-state index is 0.856. The predicted octanol–water partition coefficient (Wildman–Crippen LogP) is 2.58. The quantitative estimate of drug-likeness (QED) is 0.741. The van der Waals surface area contributed by atoms with Gasteiger partial charge < -0.3 is 9.84 Å². The van der Waals surface area contributed by atoms with Crippen molar-refractivity contribution in [3.8, 4) is 0 Å². The van der Waals surface area contributed by atoms with E-state index < -0.39 is 0 Å². The van der Waals surface area contributed by atoms with Gasteiger partial charge in [-0.3, -0.25) is 0 Å². The Morgan fingerprint density at radius 1 is 1.57 bits per heavy atom. The van der Waals surface area contributed by atoms with Crippen LogP contribution in [0.2, 0.25) is 0 Å². The first-order chi connectivity index (χ1) is 6.85. The van der Waals surface area contributed by atoms with Crippen LogP contribution >= 0.6 is 11.8 Å². The highest BCUT2D eigenvalue weighted by molar-refractivity contribution is 7.99. The van der Waals surface area contributed by atoms with Crippen molar-refractivity contribution in [1.82, 2.24) is 0 Å². The van der Waals surface area contributed by atoms with Crippen molar-refractivity contribution in [2.24, 2.45) is 5.92 Å². The van der Waals surface area contributed by atoms with Gasteiger partial charge in [0.25, 0.3) is 0 Å². The Kier molecular flexibility index (Phi) is 18.2. The van der Waals surface area contributed by atoms with Crippen molar-refractivity contribution in [2.75, 3.05) is 31.8 Å². The smallest absolute Gasteiger partial charge is 0.0503 e. The third-order valence-corrected chi connectivity index (χ3v) is 2.70. The molecule has 1 aliphatic heterocycles. The summed E-state index contributed by atoms with van der Waals surface area (Å²) in [5.74, 6) is 3.41. The second-order valence-corrected chi connectivity index (χ2v) is 4.12. The SMILES string of the molecule is C=CC.CCSCC1CCOC1.CO. The fourth-order valence-corrected chi connectivity index (χ4v) is 1.83. The summed E-state index contributed by atoms with van der Waals surface area (Å²) >= 11 is 2.03. The van der Waals surface area contributed by atoms with Gasteiger partial charge in [0, 0.05) is 13.7 Å². The van der Waals surface area contributed by atoms with E-state index in [9.17, 15) is 0 Å². The fourth-order valence-electron chi connectivity index (χ4n) is 0.999. The summed E-state index contributed by atoms with van der Waals surface area (Å²) in [6.07, 6.45) is 3.03. The highest BCUT2D eigenvalue weighted by atomic mass is 32.2. The number of aliphatic hydroxyl groups is 1. The lowest BCUT2D eigenvalue weighted by atomic mass is 10.2. The highest BCUT2D eigenvalue weighted by Crippen LogP contribution is 2.17. The largest absolute Gasteiger partial charge is 0.400 e. The monoisotopic (exact) mass is 220 g/mol. The van der Waals surface area contributed by atoms with Crippen LogP contribution in [-0.2, 0) is 4.74 Å². The Morgan fingerprint density at radius 2 is 2.14 bits per heavy atom. The first-order valence-electron chi connectivity index (χ1n) is 5.02. The van der Waals surface area contributed by atoms with Gasteiger partial charge in [0.2, 0.25) is 0 Å². The van der Waals surface area contributed by atoms with Gasteiger partial charge in [-0.2, -0.15) is 11.8 Å². The fraction of sp³-hybridized carbons (Fsp3) is 0.818. The van der Waals surface area contributed by atoms with Crippen molar-refractivity contribution < 1.29 is 9.84 Å². The van der Waals surface area contributed by atoms with Crippen molar-refractivity contribution >= 4 is 11.8 Å². The van der Waals surface area contributed by atoms with Crippen LogP contribution in [0.4, 0.5) is 0 Å². The molecule has 0 aromatic heterocycles. The van der Waals surface area contributed by atoms with E-state index in [1.807, 2.05) is 18.7 Å². The minimum Gasteiger partial charge on any atom is -0.400 e. The van der Waals surface area contributed by atoms with Gasteiger partial charge in [-0.05, 0) is 30.8 Å². The third kappa shape index (κ3) is 12.0. The molecule has 1 fully saturated rings. The standard InChI is InChI=1S/C7H14OS.C3H6.CH4O/c1-2-9-6-7-3-4-8-5-7;1-3-2;1-2/h7H,2-6H2,1H3;3H,1H2,2H3;2H,1H3. The van der Waals surface area contributed by atoms with E-state index in [0.717, 1.165) is 26.2 Å². The molecule has 0 bridgehead atoms. The topological polar surface area (TPSA) is 29.5 Å². The lowest BCUT2D eigenvalue weighted by molar-refractivity contribution is 0.189. The molecule has 0 aromatic rings. The van der Waals surface area contributed by atoms with E-state index in [1.54, 1.807) is 6.08 Å². The molecule has 0 aliphatic carbocycles. The van der Waals surface area contributed by atoms with Gasteiger partial charge >= 0.3 is 0 Å². The van der Waals surface area contributed by atoms with Crippen molar-refractivity contribution in [3.63, 3.8) is 0 Å². The predicted molar refractivity (Wildman–Crippen MR) is 65.9 cm³/mol. The molecular weight excluding hydrogens is 196 g/mol. The van der Waals surface area contributed by atoms with Crippen molar-refractivity contribution in [1.29, 1.82) is 0 Å². The zero-order valence-electron chi connectivity index (χ0n) is 9.66. The Labute approximate surface area is 92.7 Å². The average Bonchev–Trinajstić information content (AvgIpc) is 2.72. The molecule has 2 nitrogen and oxygen atoms in total. The zero-order valence-corrected chi connectivity index (χ0v) is 10.5. The van der Waals surface area contributed by atoms with Gasteiger partial charge in [0.05, 0.1) is 6.61 Å². The van der Waals surface area contributed by atoms with Crippen molar-refractivity contribution in [2.45, 2.75) is 20.3 Å². The molecule has 0 spiro atoms. The summed E-state index contributed by atoms with van der Waals surface area (Å²) in [6.45, 7) is 9.46. The second-order valence-electron chi connectivity index (χ2n) is 2.80. The minimum atomic E-state index is 0.856. The van der Waals surface area contributed by atoms with Crippen LogP contribution in [0.5, 0.6) is 0 Å². The van der Waals surface area contributed by atoms with E-state index >= 15 is 0 Å². The van der Waals surface area contributed by atoms with Crippen LogP contribution < -0.4 is 0 Å². The van der Waals surface area contributed by atoms with Crippen LogP contribution in [-0.4, -0.2) is 36.9 Å². The summed E-state index contributed by atoms with van der Waals surface area (Å²) in [5.41, 5.74) is 0. The molecule has 1 aliphatic rings. The molecule has 14 heavy (non-hydrogen) atoms. The first-order valence-corrected chi connectivity index (χ1v) is 6.17. The molecule has 1 atom stereocenters. The number of aliphatic hydroxyl groups excluding tert-OH is 1. The number of ether oxygens (including phenoxy) is 1. The lowest BCUT2D eigenvalue weighted by Gasteiger charge is -2.03. The molecule has 86 valence electrons. The highest BCUT2D eigenvalue weighted by Gasteiger charge is 2.14. The summed E-state index contributed by atoms with van der Waals surface area (Å²) in [7, 11) is 1.00. The third-order valence-electron chi connectivity index (χ3n) is 1.58. The average molecular weight is 220 g/mol. The van der Waals surface area contributed by atoms with Gasteiger partial charge in [0.1, 0.15) is 0 Å². The van der Waals surface area contributed by atoms with Gasteiger partial charge in [-0.1, -0.05) is 13.0 Å². The van der Waals surface area contributed by atoms with Crippen molar-refractivity contribution in [3.05, 3.63) is 12.7 Å². The molecule has 0 saturated carbocycles. The normalized spacial score (nSPS) is 18.7.